The minimum Gasteiger partial charge on any atom is -0.369 e. The fraction of sp³-hybridized carbons (Fsp3) is 0.632. The van der Waals surface area contributed by atoms with Gasteiger partial charge in [-0.05, 0) is 37.5 Å². The Kier molecular flexibility index (Phi) is 6.90. The van der Waals surface area contributed by atoms with Gasteiger partial charge in [-0.1, -0.05) is 26.0 Å². The van der Waals surface area contributed by atoms with Crippen LogP contribution in [-0.2, 0) is 4.79 Å². The molecule has 0 saturated carbocycles. The molecule has 1 aliphatic heterocycles. The fourth-order valence-electron chi connectivity index (χ4n) is 3.18. The van der Waals surface area contributed by atoms with Crippen LogP contribution in [0.2, 0.25) is 0 Å². The number of carbonyl (C=O) groups is 1. The van der Waals surface area contributed by atoms with Gasteiger partial charge in [0.15, 0.2) is 0 Å². The van der Waals surface area contributed by atoms with Crippen LogP contribution in [0.5, 0.6) is 0 Å². The van der Waals surface area contributed by atoms with Crippen LogP contribution in [0.15, 0.2) is 24.3 Å². The van der Waals surface area contributed by atoms with E-state index in [1.807, 2.05) is 4.90 Å². The fourth-order valence-corrected chi connectivity index (χ4v) is 3.18. The van der Waals surface area contributed by atoms with Crippen LogP contribution < -0.4 is 4.90 Å². The molecule has 1 aromatic carbocycles. The lowest BCUT2D eigenvalue weighted by molar-refractivity contribution is -0.132. The van der Waals surface area contributed by atoms with E-state index in [0.29, 0.717) is 6.54 Å². The van der Waals surface area contributed by atoms with E-state index in [4.69, 9.17) is 0 Å². The Morgan fingerprint density at radius 1 is 1.09 bits per heavy atom. The van der Waals surface area contributed by atoms with Gasteiger partial charge in [0.25, 0.3) is 0 Å². The van der Waals surface area contributed by atoms with Gasteiger partial charge < -0.3 is 9.80 Å². The second-order valence-electron chi connectivity index (χ2n) is 6.48. The first-order valence-electron chi connectivity index (χ1n) is 8.95. The van der Waals surface area contributed by atoms with Crippen molar-refractivity contribution in [1.82, 2.24) is 9.80 Å². The Morgan fingerprint density at radius 2 is 1.74 bits per heavy atom. The summed E-state index contributed by atoms with van der Waals surface area (Å²) < 4.78 is 0. The van der Waals surface area contributed by atoms with Gasteiger partial charge in [0, 0.05) is 45.0 Å². The number of carbonyl (C=O) groups excluding carboxylic acids is 1. The third-order valence-electron chi connectivity index (χ3n) is 4.44. The number of benzene rings is 1. The first kappa shape index (κ1) is 17.8. The number of hydrogen-bond acceptors (Lipinski definition) is 3. The molecule has 2 rings (SSSR count). The SMILES string of the molecule is CCCN(CCC)C(=O)CN1CCN(c2cccc(C)c2)CC1. The summed E-state index contributed by atoms with van der Waals surface area (Å²) in [6.07, 6.45) is 2.07. The van der Waals surface area contributed by atoms with Crippen LogP contribution in [0.1, 0.15) is 32.3 Å². The van der Waals surface area contributed by atoms with E-state index in [1.165, 1.54) is 11.3 Å². The molecule has 0 unspecified atom stereocenters. The van der Waals surface area contributed by atoms with Crippen molar-refractivity contribution in [3.8, 4) is 0 Å². The smallest absolute Gasteiger partial charge is 0.236 e. The van der Waals surface area contributed by atoms with Crippen LogP contribution >= 0.6 is 0 Å². The maximum Gasteiger partial charge on any atom is 0.236 e. The number of piperazine rings is 1. The molecule has 1 saturated heterocycles. The van der Waals surface area contributed by atoms with Gasteiger partial charge in [-0.25, -0.2) is 0 Å². The summed E-state index contributed by atoms with van der Waals surface area (Å²) >= 11 is 0. The molecule has 4 nitrogen and oxygen atoms in total. The maximum atomic E-state index is 12.5. The Balaban J connectivity index is 1.83. The average molecular weight is 317 g/mol. The largest absolute Gasteiger partial charge is 0.369 e. The van der Waals surface area contributed by atoms with Crippen molar-refractivity contribution < 1.29 is 4.79 Å². The molecule has 1 aliphatic rings. The van der Waals surface area contributed by atoms with E-state index in [2.05, 4.69) is 54.8 Å². The molecule has 23 heavy (non-hydrogen) atoms. The van der Waals surface area contributed by atoms with Gasteiger partial charge >= 0.3 is 0 Å². The third kappa shape index (κ3) is 5.24. The van der Waals surface area contributed by atoms with Crippen molar-refractivity contribution in [2.24, 2.45) is 0 Å². The van der Waals surface area contributed by atoms with Gasteiger partial charge in [-0.2, -0.15) is 0 Å². The van der Waals surface area contributed by atoms with Gasteiger partial charge in [0.05, 0.1) is 6.54 Å². The van der Waals surface area contributed by atoms with E-state index in [-0.39, 0.29) is 5.91 Å². The van der Waals surface area contributed by atoms with E-state index >= 15 is 0 Å². The predicted molar refractivity (Wildman–Crippen MR) is 97.0 cm³/mol. The number of rotatable bonds is 7. The van der Waals surface area contributed by atoms with Crippen molar-refractivity contribution >= 4 is 11.6 Å². The van der Waals surface area contributed by atoms with Crippen LogP contribution in [0.4, 0.5) is 5.69 Å². The quantitative estimate of drug-likeness (QED) is 0.774. The van der Waals surface area contributed by atoms with Gasteiger partial charge in [0.2, 0.25) is 5.91 Å². The summed E-state index contributed by atoms with van der Waals surface area (Å²) in [6, 6.07) is 8.67. The zero-order chi connectivity index (χ0) is 16.7. The molecule has 1 fully saturated rings. The van der Waals surface area contributed by atoms with E-state index < -0.39 is 0 Å². The summed E-state index contributed by atoms with van der Waals surface area (Å²) in [6.45, 7) is 12.7. The molecule has 1 heterocycles. The monoisotopic (exact) mass is 317 g/mol. The molecule has 0 aliphatic carbocycles. The van der Waals surface area contributed by atoms with Crippen LogP contribution in [0.25, 0.3) is 0 Å². The van der Waals surface area contributed by atoms with Crippen molar-refractivity contribution in [2.75, 3.05) is 50.7 Å². The predicted octanol–water partition coefficient (Wildman–Crippen LogP) is 2.77. The zero-order valence-electron chi connectivity index (χ0n) is 14.9. The highest BCUT2D eigenvalue weighted by atomic mass is 16.2. The van der Waals surface area contributed by atoms with Crippen LogP contribution in [-0.4, -0.2) is 61.5 Å². The number of aryl methyl sites for hydroxylation is 1. The molecule has 0 aromatic heterocycles. The van der Waals surface area contributed by atoms with E-state index in [1.54, 1.807) is 0 Å². The summed E-state index contributed by atoms with van der Waals surface area (Å²) in [5.41, 5.74) is 2.60. The molecule has 0 N–H and O–H groups in total. The highest BCUT2D eigenvalue weighted by molar-refractivity contribution is 5.78. The molecular formula is C19H31N3O. The van der Waals surface area contributed by atoms with Crippen molar-refractivity contribution in [3.63, 3.8) is 0 Å². The second-order valence-corrected chi connectivity index (χ2v) is 6.48. The molecule has 1 amide bonds. The highest BCUT2D eigenvalue weighted by Gasteiger charge is 2.21. The lowest BCUT2D eigenvalue weighted by atomic mass is 10.2. The number of amides is 1. The molecule has 1 aromatic rings. The Bertz CT molecular complexity index is 489. The lowest BCUT2D eigenvalue weighted by Gasteiger charge is -2.36. The summed E-state index contributed by atoms with van der Waals surface area (Å²) in [4.78, 5) is 19.2. The third-order valence-corrected chi connectivity index (χ3v) is 4.44. The standard InChI is InChI=1S/C19H31N3O/c1-4-9-22(10-5-2)19(23)16-20-11-13-21(14-12-20)18-8-6-7-17(3)15-18/h6-8,15H,4-5,9-14,16H2,1-3H3. The number of hydrogen-bond donors (Lipinski definition) is 0. The van der Waals surface area contributed by atoms with E-state index in [0.717, 1.165) is 52.1 Å². The molecular weight excluding hydrogens is 286 g/mol. The molecule has 0 atom stereocenters. The van der Waals surface area contributed by atoms with Crippen molar-refractivity contribution in [2.45, 2.75) is 33.6 Å². The first-order valence-corrected chi connectivity index (χ1v) is 8.95. The Hall–Kier alpha value is -1.55. The highest BCUT2D eigenvalue weighted by Crippen LogP contribution is 2.17. The van der Waals surface area contributed by atoms with Crippen LogP contribution in [0, 0.1) is 6.92 Å². The number of nitrogens with zero attached hydrogens (tertiary/aromatic N) is 3. The minimum absolute atomic E-state index is 0.290. The summed E-state index contributed by atoms with van der Waals surface area (Å²) in [5.74, 6) is 0.290. The van der Waals surface area contributed by atoms with Crippen molar-refractivity contribution in [1.29, 1.82) is 0 Å². The van der Waals surface area contributed by atoms with Crippen LogP contribution in [0.3, 0.4) is 0 Å². The second kappa shape index (κ2) is 8.92. The summed E-state index contributed by atoms with van der Waals surface area (Å²) in [5, 5.41) is 0. The van der Waals surface area contributed by atoms with Gasteiger partial charge in [0.1, 0.15) is 0 Å². The molecule has 0 bridgehead atoms. The Morgan fingerprint density at radius 3 is 2.30 bits per heavy atom. The van der Waals surface area contributed by atoms with E-state index in [9.17, 15) is 4.79 Å². The average Bonchev–Trinajstić information content (AvgIpc) is 2.55. The molecule has 4 heteroatoms. The number of anilines is 1. The molecule has 128 valence electrons. The topological polar surface area (TPSA) is 26.8 Å². The van der Waals surface area contributed by atoms with Gasteiger partial charge in [-0.3, -0.25) is 9.69 Å². The Labute approximate surface area is 141 Å². The molecule has 0 radical (unpaired) electrons. The van der Waals surface area contributed by atoms with Crippen molar-refractivity contribution in [3.05, 3.63) is 29.8 Å². The molecule has 0 spiro atoms. The minimum atomic E-state index is 0.290. The zero-order valence-corrected chi connectivity index (χ0v) is 14.9. The normalized spacial score (nSPS) is 15.7. The maximum absolute atomic E-state index is 12.5. The lowest BCUT2D eigenvalue weighted by Crippen LogP contribution is -2.50. The summed E-state index contributed by atoms with van der Waals surface area (Å²) in [7, 11) is 0. The first-order chi connectivity index (χ1) is 11.1. The van der Waals surface area contributed by atoms with Gasteiger partial charge in [-0.15, -0.1) is 0 Å².